The first-order chi connectivity index (χ1) is 18.7. The van der Waals surface area contributed by atoms with Gasteiger partial charge in [-0.15, -0.1) is 0 Å². The van der Waals surface area contributed by atoms with E-state index in [1.165, 1.54) is 38.9 Å². The molecule has 1 saturated heterocycles. The maximum atomic E-state index is 14.8. The summed E-state index contributed by atoms with van der Waals surface area (Å²) >= 11 is 0. The number of hydrogen-bond acceptors (Lipinski definition) is 6. The summed E-state index contributed by atoms with van der Waals surface area (Å²) in [5.74, 6) is -0.750. The number of carbonyl (C=O) groups is 1. The predicted molar refractivity (Wildman–Crippen MR) is 148 cm³/mol. The molecule has 39 heavy (non-hydrogen) atoms. The number of benzene rings is 2. The fourth-order valence-electron chi connectivity index (χ4n) is 5.01. The van der Waals surface area contributed by atoms with Crippen LogP contribution in [0.3, 0.4) is 0 Å². The zero-order valence-corrected chi connectivity index (χ0v) is 21.4. The number of nitrogens with one attached hydrogen (secondary N) is 1. The predicted octanol–water partition coefficient (Wildman–Crippen LogP) is 0.690. The lowest BCUT2D eigenvalue weighted by molar-refractivity contribution is -0.125. The molecule has 1 aliphatic carbocycles. The third-order valence-electron chi connectivity index (χ3n) is 7.14. The van der Waals surface area contributed by atoms with Crippen molar-refractivity contribution in [3.05, 3.63) is 85.5 Å². The Morgan fingerprint density at radius 3 is 2.49 bits per heavy atom. The maximum Gasteiger partial charge on any atom is 0.337 e. The van der Waals surface area contributed by atoms with Gasteiger partial charge >= 0.3 is 5.69 Å². The lowest BCUT2D eigenvalue weighted by Crippen LogP contribution is -2.42. The van der Waals surface area contributed by atoms with Crippen LogP contribution in [0.2, 0.25) is 0 Å². The molecule has 1 saturated carbocycles. The van der Waals surface area contributed by atoms with Crippen LogP contribution >= 0.6 is 0 Å². The molecular formula is C27H25BFN5O5. The van der Waals surface area contributed by atoms with Crippen molar-refractivity contribution in [1.82, 2.24) is 13.7 Å². The van der Waals surface area contributed by atoms with E-state index in [4.69, 9.17) is 4.74 Å². The van der Waals surface area contributed by atoms with E-state index in [1.807, 2.05) is 0 Å². The van der Waals surface area contributed by atoms with Crippen LogP contribution in [0.5, 0.6) is 0 Å². The van der Waals surface area contributed by atoms with Gasteiger partial charge in [0.05, 0.1) is 23.7 Å². The number of pyridine rings is 1. The van der Waals surface area contributed by atoms with Crippen LogP contribution in [0.25, 0.3) is 16.7 Å². The molecular weight excluding hydrogens is 504 g/mol. The van der Waals surface area contributed by atoms with Gasteiger partial charge in [0.15, 0.2) is 0 Å². The van der Waals surface area contributed by atoms with Gasteiger partial charge in [0.25, 0.3) is 17.0 Å². The van der Waals surface area contributed by atoms with Crippen LogP contribution in [0, 0.1) is 5.82 Å². The Morgan fingerprint density at radius 1 is 1.00 bits per heavy atom. The minimum absolute atomic E-state index is 0.0429. The van der Waals surface area contributed by atoms with Crippen molar-refractivity contribution in [3.63, 3.8) is 0 Å². The molecule has 0 radical (unpaired) electrons. The number of morpholine rings is 1. The molecule has 0 spiro atoms. The van der Waals surface area contributed by atoms with Gasteiger partial charge in [-0.3, -0.25) is 23.5 Å². The summed E-state index contributed by atoms with van der Waals surface area (Å²) in [7, 11) is 3.24. The van der Waals surface area contributed by atoms with Gasteiger partial charge in [-0.2, -0.15) is 0 Å². The molecule has 3 heterocycles. The maximum absolute atomic E-state index is 14.8. The molecule has 2 fully saturated rings. The Balaban J connectivity index is 1.64. The second-order valence-corrected chi connectivity index (χ2v) is 9.90. The summed E-state index contributed by atoms with van der Waals surface area (Å²) in [6, 6.07) is 12.4. The molecule has 0 bridgehead atoms. The number of aryl methyl sites for hydroxylation is 1. The highest BCUT2D eigenvalue weighted by Gasteiger charge is 2.31. The number of nitrogens with zero attached hydrogens (tertiary/aromatic N) is 4. The molecule has 4 aromatic rings. The largest absolute Gasteiger partial charge is 0.370 e. The summed E-state index contributed by atoms with van der Waals surface area (Å²) < 4.78 is 23.8. The van der Waals surface area contributed by atoms with Crippen LogP contribution in [0.1, 0.15) is 18.9 Å². The molecule has 0 unspecified atom stereocenters. The zero-order chi connectivity index (χ0) is 27.4. The van der Waals surface area contributed by atoms with E-state index in [9.17, 15) is 23.6 Å². The molecule has 1 N–H and O–H groups in total. The fraction of sp³-hybridized carbons (Fsp3) is 0.259. The summed E-state index contributed by atoms with van der Waals surface area (Å²) in [4.78, 5) is 54.9. The van der Waals surface area contributed by atoms with Crippen LogP contribution < -0.4 is 32.5 Å². The Labute approximate surface area is 222 Å². The van der Waals surface area contributed by atoms with Crippen LogP contribution in [-0.4, -0.2) is 47.2 Å². The summed E-state index contributed by atoms with van der Waals surface area (Å²) in [6.07, 6.45) is 1.34. The second-order valence-electron chi connectivity index (χ2n) is 9.90. The molecule has 2 aliphatic rings. The van der Waals surface area contributed by atoms with Gasteiger partial charge in [-0.25, -0.2) is 13.8 Å². The quantitative estimate of drug-likeness (QED) is 0.382. The zero-order valence-electron chi connectivity index (χ0n) is 21.4. The van der Waals surface area contributed by atoms with Gasteiger partial charge in [0.1, 0.15) is 31.3 Å². The number of rotatable bonds is 5. The fourth-order valence-corrected chi connectivity index (χ4v) is 5.01. The number of halogens is 1. The van der Waals surface area contributed by atoms with Crippen LogP contribution in [-0.2, 0) is 16.6 Å². The molecule has 0 atom stereocenters. The van der Waals surface area contributed by atoms with Gasteiger partial charge < -0.3 is 15.0 Å². The van der Waals surface area contributed by atoms with Crippen molar-refractivity contribution >= 4 is 47.3 Å². The van der Waals surface area contributed by atoms with E-state index in [0.717, 1.165) is 5.46 Å². The lowest BCUT2D eigenvalue weighted by atomic mass is 9.96. The third kappa shape index (κ3) is 4.26. The van der Waals surface area contributed by atoms with E-state index < -0.39 is 22.6 Å². The van der Waals surface area contributed by atoms with Gasteiger partial charge in [-0.05, 0) is 43.2 Å². The number of carbonyl (C=O) groups excluding carboxylic acids is 1. The Kier molecular flexibility index (Phi) is 5.98. The number of ether oxygens (including phenoxy) is 1. The second kappa shape index (κ2) is 9.39. The van der Waals surface area contributed by atoms with Crippen molar-refractivity contribution in [1.29, 1.82) is 0 Å². The Morgan fingerprint density at radius 2 is 1.77 bits per heavy atom. The average molecular weight is 529 g/mol. The van der Waals surface area contributed by atoms with E-state index >= 15 is 0 Å². The number of hydrogen-bond donors (Lipinski definition) is 1. The monoisotopic (exact) mass is 529 g/mol. The highest BCUT2D eigenvalue weighted by molar-refractivity contribution is 6.32. The van der Waals surface area contributed by atoms with Crippen molar-refractivity contribution in [2.45, 2.75) is 18.9 Å². The van der Waals surface area contributed by atoms with Crippen molar-refractivity contribution in [2.24, 2.45) is 7.05 Å². The van der Waals surface area contributed by atoms with E-state index in [0.29, 0.717) is 37.4 Å². The first-order valence-electron chi connectivity index (χ1n) is 12.7. The van der Waals surface area contributed by atoms with Gasteiger partial charge in [0, 0.05) is 31.4 Å². The Hall–Kier alpha value is -4.45. The van der Waals surface area contributed by atoms with E-state index in [1.54, 1.807) is 43.1 Å². The van der Waals surface area contributed by atoms with E-state index in [-0.39, 0.29) is 41.0 Å². The van der Waals surface area contributed by atoms with E-state index in [2.05, 4.69) is 5.32 Å². The molecule has 12 heteroatoms. The summed E-state index contributed by atoms with van der Waals surface area (Å²) in [6.45, 7) is 0.692. The SMILES string of the molecule is Bc1ccc(Nc2cc(=O)n(C)c3c2c(=O)n(C2CC2)c(=O)n3-c2cccc(N3CCOCC3=O)c2)c(F)c1. The minimum Gasteiger partial charge on any atom is -0.370 e. The molecule has 2 aromatic carbocycles. The van der Waals surface area contributed by atoms with Crippen molar-refractivity contribution in [2.75, 3.05) is 30.0 Å². The number of amides is 1. The third-order valence-corrected chi connectivity index (χ3v) is 7.14. The number of anilines is 3. The topological polar surface area (TPSA) is 108 Å². The standard InChI is InChI=1S/C27H25BFN5O5/c1-31-22(35)13-21(30-20-8-5-15(28)11-19(20)29)24-25(31)33(27(38)34(26(24)37)16-6-7-16)18-4-2-3-17(12-18)32-9-10-39-14-23(32)36/h2-5,8,11-13,16,30H,6-7,9-10,14,28H2,1H3. The van der Waals surface area contributed by atoms with Crippen LogP contribution in [0.15, 0.2) is 62.9 Å². The molecule has 1 amide bonds. The van der Waals surface area contributed by atoms with Crippen molar-refractivity contribution in [3.8, 4) is 5.69 Å². The number of fused-ring (bicyclic) bond motifs is 1. The first-order valence-corrected chi connectivity index (χ1v) is 12.7. The average Bonchev–Trinajstić information content (AvgIpc) is 3.74. The molecule has 198 valence electrons. The summed E-state index contributed by atoms with van der Waals surface area (Å²) in [5.41, 5.74) is 0.282. The first kappa shape index (κ1) is 24.9. The summed E-state index contributed by atoms with van der Waals surface area (Å²) in [5, 5.41) is 3.00. The van der Waals surface area contributed by atoms with Gasteiger partial charge in [0.2, 0.25) is 0 Å². The molecule has 6 rings (SSSR count). The van der Waals surface area contributed by atoms with Gasteiger partial charge in [-0.1, -0.05) is 17.6 Å². The molecule has 1 aliphatic heterocycles. The highest BCUT2D eigenvalue weighted by atomic mass is 19.1. The van der Waals surface area contributed by atoms with Crippen molar-refractivity contribution < 1.29 is 13.9 Å². The van der Waals surface area contributed by atoms with Crippen LogP contribution in [0.4, 0.5) is 21.5 Å². The number of aromatic nitrogens is 3. The normalized spacial score (nSPS) is 15.6. The highest BCUT2D eigenvalue weighted by Crippen LogP contribution is 2.34. The minimum atomic E-state index is -0.589. The smallest absolute Gasteiger partial charge is 0.337 e. The Bertz CT molecular complexity index is 1840. The molecule has 2 aromatic heterocycles. The molecule has 10 nitrogen and oxygen atoms in total. The lowest BCUT2D eigenvalue weighted by Gasteiger charge is -2.27.